The number of aromatic nitrogens is 1. The van der Waals surface area contributed by atoms with E-state index in [-0.39, 0.29) is 12.0 Å². The molecule has 0 aliphatic carbocycles. The van der Waals surface area contributed by atoms with Crippen LogP contribution in [0.25, 0.3) is 10.9 Å². The molecular weight excluding hydrogens is 236 g/mol. The quantitative estimate of drug-likeness (QED) is 0.716. The van der Waals surface area contributed by atoms with Crippen molar-refractivity contribution >= 4 is 10.9 Å². The van der Waals surface area contributed by atoms with Crippen LogP contribution in [0.3, 0.4) is 0 Å². The molecule has 0 bridgehead atoms. The molecule has 0 radical (unpaired) electrons. The molecule has 3 heteroatoms. The maximum atomic E-state index is 9.54. The second-order valence-corrected chi connectivity index (χ2v) is 5.37. The molecule has 0 amide bonds. The van der Waals surface area contributed by atoms with E-state index in [0.29, 0.717) is 0 Å². The summed E-state index contributed by atoms with van der Waals surface area (Å²) in [6.45, 7) is 6.25. The van der Waals surface area contributed by atoms with Crippen LogP contribution in [0.4, 0.5) is 0 Å². The summed E-state index contributed by atoms with van der Waals surface area (Å²) in [7, 11) is 0. The number of aliphatic hydroxyl groups excluding tert-OH is 1. The van der Waals surface area contributed by atoms with Gasteiger partial charge >= 0.3 is 0 Å². The second-order valence-electron chi connectivity index (χ2n) is 5.37. The van der Waals surface area contributed by atoms with Crippen molar-refractivity contribution in [1.29, 1.82) is 0 Å². The van der Waals surface area contributed by atoms with E-state index >= 15 is 0 Å². The van der Waals surface area contributed by atoms with Gasteiger partial charge in [-0.1, -0.05) is 26.0 Å². The number of H-pyrrole nitrogens is 1. The SMILES string of the molecule is CCC(CC)(CO)CNCc1ccc2cc[nH]c2c1. The lowest BCUT2D eigenvalue weighted by atomic mass is 9.83. The monoisotopic (exact) mass is 260 g/mol. The Kier molecular flexibility index (Phi) is 4.61. The fourth-order valence-corrected chi connectivity index (χ4v) is 2.46. The largest absolute Gasteiger partial charge is 0.396 e. The molecule has 0 aliphatic rings. The van der Waals surface area contributed by atoms with Gasteiger partial charge in [0.15, 0.2) is 0 Å². The lowest BCUT2D eigenvalue weighted by Gasteiger charge is -2.29. The number of aromatic amines is 1. The zero-order valence-electron chi connectivity index (χ0n) is 11.9. The van der Waals surface area contributed by atoms with E-state index in [0.717, 1.165) is 25.9 Å². The summed E-state index contributed by atoms with van der Waals surface area (Å²) in [5.74, 6) is 0. The molecule has 0 spiro atoms. The fraction of sp³-hybridized carbons (Fsp3) is 0.500. The van der Waals surface area contributed by atoms with Crippen LogP contribution in [-0.4, -0.2) is 23.2 Å². The Morgan fingerprint density at radius 1 is 1.21 bits per heavy atom. The summed E-state index contributed by atoms with van der Waals surface area (Å²) in [6.07, 6.45) is 3.97. The Bertz CT molecular complexity index is 506. The van der Waals surface area contributed by atoms with Gasteiger partial charge in [0.25, 0.3) is 0 Å². The first-order valence-corrected chi connectivity index (χ1v) is 7.10. The van der Waals surface area contributed by atoms with Gasteiger partial charge in [-0.05, 0) is 35.9 Å². The summed E-state index contributed by atoms with van der Waals surface area (Å²) >= 11 is 0. The highest BCUT2D eigenvalue weighted by Gasteiger charge is 2.24. The average molecular weight is 260 g/mol. The smallest absolute Gasteiger partial charge is 0.0499 e. The fourth-order valence-electron chi connectivity index (χ4n) is 2.46. The Morgan fingerprint density at radius 2 is 2.00 bits per heavy atom. The molecule has 0 saturated carbocycles. The van der Waals surface area contributed by atoms with Gasteiger partial charge in [-0.15, -0.1) is 0 Å². The maximum absolute atomic E-state index is 9.54. The van der Waals surface area contributed by atoms with Crippen LogP contribution in [0.5, 0.6) is 0 Å². The normalized spacial score (nSPS) is 12.2. The predicted octanol–water partition coefficient (Wildman–Crippen LogP) is 3.06. The first-order valence-electron chi connectivity index (χ1n) is 7.10. The summed E-state index contributed by atoms with van der Waals surface area (Å²) in [5, 5.41) is 14.3. The van der Waals surface area contributed by atoms with E-state index in [1.807, 2.05) is 6.20 Å². The van der Waals surface area contributed by atoms with Crippen LogP contribution < -0.4 is 5.32 Å². The van der Waals surface area contributed by atoms with Gasteiger partial charge in [-0.3, -0.25) is 0 Å². The molecule has 1 heterocycles. The second kappa shape index (κ2) is 6.22. The van der Waals surface area contributed by atoms with E-state index in [2.05, 4.69) is 48.4 Å². The summed E-state index contributed by atoms with van der Waals surface area (Å²) in [5.41, 5.74) is 2.48. The van der Waals surface area contributed by atoms with Crippen LogP contribution in [0, 0.1) is 5.41 Å². The molecule has 104 valence electrons. The predicted molar refractivity (Wildman–Crippen MR) is 80.1 cm³/mol. The van der Waals surface area contributed by atoms with Crippen molar-refractivity contribution in [2.45, 2.75) is 33.2 Å². The van der Waals surface area contributed by atoms with Gasteiger partial charge in [0.1, 0.15) is 0 Å². The van der Waals surface area contributed by atoms with E-state index in [1.165, 1.54) is 16.5 Å². The summed E-state index contributed by atoms with van der Waals surface area (Å²) in [6, 6.07) is 8.56. The number of nitrogens with one attached hydrogen (secondary N) is 2. The van der Waals surface area contributed by atoms with Gasteiger partial charge in [0.05, 0.1) is 0 Å². The van der Waals surface area contributed by atoms with Gasteiger partial charge in [-0.25, -0.2) is 0 Å². The average Bonchev–Trinajstić information content (AvgIpc) is 2.92. The lowest BCUT2D eigenvalue weighted by molar-refractivity contribution is 0.113. The first-order chi connectivity index (χ1) is 9.23. The Labute approximate surface area is 115 Å². The zero-order chi connectivity index (χ0) is 13.7. The van der Waals surface area contributed by atoms with E-state index in [1.54, 1.807) is 0 Å². The molecule has 2 aromatic rings. The molecule has 19 heavy (non-hydrogen) atoms. The molecule has 0 fully saturated rings. The van der Waals surface area contributed by atoms with E-state index in [9.17, 15) is 5.11 Å². The van der Waals surface area contributed by atoms with Crippen molar-refractivity contribution in [3.05, 3.63) is 36.0 Å². The molecule has 0 aliphatic heterocycles. The van der Waals surface area contributed by atoms with Crippen molar-refractivity contribution in [2.75, 3.05) is 13.2 Å². The minimum atomic E-state index is 0.0243. The zero-order valence-corrected chi connectivity index (χ0v) is 11.9. The molecule has 0 atom stereocenters. The highest BCUT2D eigenvalue weighted by Crippen LogP contribution is 2.24. The Hall–Kier alpha value is -1.32. The van der Waals surface area contributed by atoms with Gasteiger partial charge < -0.3 is 15.4 Å². The number of fused-ring (bicyclic) bond motifs is 1. The van der Waals surface area contributed by atoms with Crippen LogP contribution in [0.1, 0.15) is 32.3 Å². The minimum Gasteiger partial charge on any atom is -0.396 e. The van der Waals surface area contributed by atoms with Crippen LogP contribution in [0.15, 0.2) is 30.5 Å². The number of hydrogen-bond donors (Lipinski definition) is 3. The molecule has 1 aromatic heterocycles. The highest BCUT2D eigenvalue weighted by molar-refractivity contribution is 5.79. The van der Waals surface area contributed by atoms with E-state index < -0.39 is 0 Å². The highest BCUT2D eigenvalue weighted by atomic mass is 16.3. The third-order valence-corrected chi connectivity index (χ3v) is 4.28. The Morgan fingerprint density at radius 3 is 2.68 bits per heavy atom. The number of benzene rings is 1. The molecule has 2 rings (SSSR count). The third-order valence-electron chi connectivity index (χ3n) is 4.28. The standard InChI is InChI=1S/C16H24N2O/c1-3-16(4-2,12-19)11-17-10-13-5-6-14-7-8-18-15(14)9-13/h5-9,17-19H,3-4,10-12H2,1-2H3. The minimum absolute atomic E-state index is 0.0243. The number of hydrogen-bond acceptors (Lipinski definition) is 2. The van der Waals surface area contributed by atoms with Gasteiger partial charge in [0.2, 0.25) is 0 Å². The molecule has 0 saturated heterocycles. The van der Waals surface area contributed by atoms with Crippen LogP contribution in [-0.2, 0) is 6.54 Å². The lowest BCUT2D eigenvalue weighted by Crippen LogP contribution is -2.36. The van der Waals surface area contributed by atoms with Gasteiger partial charge in [0, 0.05) is 36.8 Å². The van der Waals surface area contributed by atoms with E-state index in [4.69, 9.17) is 0 Å². The summed E-state index contributed by atoms with van der Waals surface area (Å²) in [4.78, 5) is 3.23. The molecule has 0 unspecified atom stereocenters. The molecule has 1 aromatic carbocycles. The van der Waals surface area contributed by atoms with Crippen molar-refractivity contribution in [1.82, 2.24) is 10.3 Å². The number of aliphatic hydroxyl groups is 1. The summed E-state index contributed by atoms with van der Waals surface area (Å²) < 4.78 is 0. The first kappa shape index (κ1) is 14.1. The maximum Gasteiger partial charge on any atom is 0.0499 e. The molecule has 3 nitrogen and oxygen atoms in total. The molecular formula is C16H24N2O. The van der Waals surface area contributed by atoms with Crippen LogP contribution >= 0.6 is 0 Å². The van der Waals surface area contributed by atoms with Gasteiger partial charge in [-0.2, -0.15) is 0 Å². The Balaban J connectivity index is 1.94. The van der Waals surface area contributed by atoms with Crippen molar-refractivity contribution in [2.24, 2.45) is 5.41 Å². The third kappa shape index (κ3) is 3.17. The van der Waals surface area contributed by atoms with Crippen molar-refractivity contribution in [3.8, 4) is 0 Å². The van der Waals surface area contributed by atoms with Crippen molar-refractivity contribution < 1.29 is 5.11 Å². The topological polar surface area (TPSA) is 48.0 Å². The number of rotatable bonds is 7. The molecule has 3 N–H and O–H groups in total. The van der Waals surface area contributed by atoms with Crippen LogP contribution in [0.2, 0.25) is 0 Å². The van der Waals surface area contributed by atoms with Crippen molar-refractivity contribution in [3.63, 3.8) is 0 Å².